The highest BCUT2D eigenvalue weighted by atomic mass is 16.5. The zero-order chi connectivity index (χ0) is 7.84. The Morgan fingerprint density at radius 2 is 2.27 bits per heavy atom. The van der Waals surface area contributed by atoms with Crippen molar-refractivity contribution in [2.24, 2.45) is 11.8 Å². The van der Waals surface area contributed by atoms with Crippen LogP contribution >= 0.6 is 0 Å². The fourth-order valence-electron chi connectivity index (χ4n) is 2.75. The molecule has 3 unspecified atom stereocenters. The van der Waals surface area contributed by atoms with Crippen molar-refractivity contribution in [1.29, 1.82) is 0 Å². The summed E-state index contributed by atoms with van der Waals surface area (Å²) in [5.41, 5.74) is 1.34. The Hall–Kier alpha value is -0.300. The molecule has 2 fully saturated rings. The second kappa shape index (κ2) is 2.63. The number of ether oxygens (including phenoxy) is 1. The number of fused-ring (bicyclic) bond motifs is 2. The summed E-state index contributed by atoms with van der Waals surface area (Å²) in [6.07, 6.45) is 5.76. The maximum Gasteiger partial charge on any atom is 0.0806 e. The number of rotatable bonds is 1. The average molecular weight is 152 g/mol. The van der Waals surface area contributed by atoms with Gasteiger partial charge in [-0.15, -0.1) is 0 Å². The maximum atomic E-state index is 5.43. The van der Waals surface area contributed by atoms with Crippen LogP contribution in [-0.4, -0.2) is 13.2 Å². The highest BCUT2D eigenvalue weighted by Crippen LogP contribution is 2.44. The van der Waals surface area contributed by atoms with Gasteiger partial charge in [-0.05, 0) is 43.1 Å². The molecule has 62 valence electrons. The molecule has 2 aliphatic rings. The lowest BCUT2D eigenvalue weighted by molar-refractivity contribution is 0.0681. The second-order valence-corrected chi connectivity index (χ2v) is 3.96. The molecule has 0 saturated heterocycles. The summed E-state index contributed by atoms with van der Waals surface area (Å²) in [5.74, 6) is 1.74. The summed E-state index contributed by atoms with van der Waals surface area (Å²) in [5, 5.41) is 0. The quantitative estimate of drug-likeness (QED) is 0.524. The first kappa shape index (κ1) is 7.35. The van der Waals surface area contributed by atoms with Crippen LogP contribution in [0.25, 0.3) is 0 Å². The molecule has 2 saturated carbocycles. The van der Waals surface area contributed by atoms with E-state index in [1.165, 1.54) is 31.3 Å². The SMILES string of the molecule is C=C1CC2CCC(C2)C1OC. The molecule has 0 aliphatic heterocycles. The van der Waals surface area contributed by atoms with Crippen LogP contribution in [0.1, 0.15) is 25.7 Å². The highest BCUT2D eigenvalue weighted by molar-refractivity contribution is 5.12. The van der Waals surface area contributed by atoms with Gasteiger partial charge < -0.3 is 4.74 Å². The zero-order valence-electron chi connectivity index (χ0n) is 7.18. The molecule has 0 N–H and O–H groups in total. The van der Waals surface area contributed by atoms with E-state index in [4.69, 9.17) is 4.74 Å². The van der Waals surface area contributed by atoms with Gasteiger partial charge in [0.05, 0.1) is 6.10 Å². The third-order valence-corrected chi connectivity index (χ3v) is 3.22. The van der Waals surface area contributed by atoms with Crippen molar-refractivity contribution in [3.05, 3.63) is 12.2 Å². The van der Waals surface area contributed by atoms with E-state index >= 15 is 0 Å². The van der Waals surface area contributed by atoms with Gasteiger partial charge in [-0.3, -0.25) is 0 Å². The molecule has 0 amide bonds. The van der Waals surface area contributed by atoms with E-state index in [1.54, 1.807) is 0 Å². The molecule has 2 bridgehead atoms. The van der Waals surface area contributed by atoms with E-state index in [1.807, 2.05) is 7.11 Å². The van der Waals surface area contributed by atoms with Gasteiger partial charge >= 0.3 is 0 Å². The summed E-state index contributed by atoms with van der Waals surface area (Å²) in [7, 11) is 1.81. The van der Waals surface area contributed by atoms with Crippen LogP contribution in [0.5, 0.6) is 0 Å². The molecular weight excluding hydrogens is 136 g/mol. The molecule has 0 aromatic carbocycles. The Kier molecular flexibility index (Phi) is 1.76. The van der Waals surface area contributed by atoms with Crippen LogP contribution < -0.4 is 0 Å². The van der Waals surface area contributed by atoms with Gasteiger partial charge in [0.2, 0.25) is 0 Å². The molecule has 2 aliphatic carbocycles. The van der Waals surface area contributed by atoms with E-state index in [-0.39, 0.29) is 0 Å². The van der Waals surface area contributed by atoms with Crippen LogP contribution in [0, 0.1) is 11.8 Å². The molecule has 0 spiro atoms. The molecule has 0 aromatic heterocycles. The molecule has 0 radical (unpaired) electrons. The van der Waals surface area contributed by atoms with Crippen LogP contribution in [0.15, 0.2) is 12.2 Å². The second-order valence-electron chi connectivity index (χ2n) is 3.96. The molecular formula is C10H16O. The van der Waals surface area contributed by atoms with E-state index in [2.05, 4.69) is 6.58 Å². The predicted molar refractivity (Wildman–Crippen MR) is 45.4 cm³/mol. The maximum absolute atomic E-state index is 5.43. The zero-order valence-corrected chi connectivity index (χ0v) is 7.18. The van der Waals surface area contributed by atoms with Crippen molar-refractivity contribution in [3.8, 4) is 0 Å². The molecule has 0 aromatic rings. The van der Waals surface area contributed by atoms with Crippen molar-refractivity contribution in [2.75, 3.05) is 7.11 Å². The number of hydrogen-bond donors (Lipinski definition) is 0. The minimum absolute atomic E-state index is 0.383. The normalized spacial score (nSPS) is 43.0. The molecule has 1 nitrogen and oxygen atoms in total. The van der Waals surface area contributed by atoms with E-state index in [9.17, 15) is 0 Å². The first-order valence-electron chi connectivity index (χ1n) is 4.51. The summed E-state index contributed by atoms with van der Waals surface area (Å²) >= 11 is 0. The summed E-state index contributed by atoms with van der Waals surface area (Å²) in [6.45, 7) is 4.08. The van der Waals surface area contributed by atoms with Gasteiger partial charge in [0.25, 0.3) is 0 Å². The summed E-state index contributed by atoms with van der Waals surface area (Å²) in [4.78, 5) is 0. The summed E-state index contributed by atoms with van der Waals surface area (Å²) < 4.78 is 5.43. The smallest absolute Gasteiger partial charge is 0.0806 e. The lowest BCUT2D eigenvalue weighted by Gasteiger charge is -2.29. The van der Waals surface area contributed by atoms with Gasteiger partial charge in [-0.2, -0.15) is 0 Å². The Balaban J connectivity index is 2.13. The van der Waals surface area contributed by atoms with Crippen molar-refractivity contribution < 1.29 is 4.74 Å². The fourth-order valence-corrected chi connectivity index (χ4v) is 2.75. The first-order chi connectivity index (χ1) is 5.31. The van der Waals surface area contributed by atoms with E-state index in [0.717, 1.165) is 11.8 Å². The van der Waals surface area contributed by atoms with Crippen LogP contribution in [0.2, 0.25) is 0 Å². The largest absolute Gasteiger partial charge is 0.377 e. The molecule has 0 heterocycles. The average Bonchev–Trinajstić information content (AvgIpc) is 2.34. The molecule has 3 atom stereocenters. The minimum atomic E-state index is 0.383. The Morgan fingerprint density at radius 3 is 3.00 bits per heavy atom. The topological polar surface area (TPSA) is 9.23 Å². The van der Waals surface area contributed by atoms with Crippen LogP contribution in [0.4, 0.5) is 0 Å². The van der Waals surface area contributed by atoms with Crippen molar-refractivity contribution in [1.82, 2.24) is 0 Å². The molecule has 2 rings (SSSR count). The van der Waals surface area contributed by atoms with Gasteiger partial charge in [0.1, 0.15) is 0 Å². The summed E-state index contributed by atoms with van der Waals surface area (Å²) in [6, 6.07) is 0. The molecule has 1 heteroatoms. The minimum Gasteiger partial charge on any atom is -0.377 e. The van der Waals surface area contributed by atoms with Crippen LogP contribution in [0.3, 0.4) is 0 Å². The van der Waals surface area contributed by atoms with Gasteiger partial charge in [-0.1, -0.05) is 6.58 Å². The Bertz CT molecular complexity index is 174. The van der Waals surface area contributed by atoms with E-state index in [0.29, 0.717) is 6.10 Å². The number of methoxy groups -OCH3 is 1. The standard InChI is InChI=1S/C10H16O/c1-7-5-8-3-4-9(6-8)10(7)11-2/h8-10H,1,3-6H2,2H3. The van der Waals surface area contributed by atoms with E-state index < -0.39 is 0 Å². The lowest BCUT2D eigenvalue weighted by Crippen LogP contribution is -2.27. The fraction of sp³-hybridized carbons (Fsp3) is 0.800. The Morgan fingerprint density at radius 1 is 1.45 bits per heavy atom. The van der Waals surface area contributed by atoms with Gasteiger partial charge in [0.15, 0.2) is 0 Å². The van der Waals surface area contributed by atoms with Crippen molar-refractivity contribution in [3.63, 3.8) is 0 Å². The van der Waals surface area contributed by atoms with Gasteiger partial charge in [-0.25, -0.2) is 0 Å². The first-order valence-corrected chi connectivity index (χ1v) is 4.51. The van der Waals surface area contributed by atoms with Crippen LogP contribution in [-0.2, 0) is 4.74 Å². The third kappa shape index (κ3) is 1.12. The van der Waals surface area contributed by atoms with Crippen molar-refractivity contribution >= 4 is 0 Å². The molecule has 11 heavy (non-hydrogen) atoms. The third-order valence-electron chi connectivity index (χ3n) is 3.22. The monoisotopic (exact) mass is 152 g/mol. The Labute approximate surface area is 68.4 Å². The highest BCUT2D eigenvalue weighted by Gasteiger charge is 2.37. The predicted octanol–water partition coefficient (Wildman–Crippen LogP) is 2.38. The van der Waals surface area contributed by atoms with Crippen molar-refractivity contribution in [2.45, 2.75) is 31.8 Å². The lowest BCUT2D eigenvalue weighted by atomic mass is 9.83. The number of hydrogen-bond acceptors (Lipinski definition) is 1. The van der Waals surface area contributed by atoms with Gasteiger partial charge in [0, 0.05) is 7.11 Å².